The Labute approximate surface area is 207 Å². The monoisotopic (exact) mass is 463 g/mol. The molecule has 0 bridgehead atoms. The van der Waals surface area contributed by atoms with Crippen LogP contribution >= 0.6 is 0 Å². The molecule has 1 N–H and O–H groups in total. The molecular weight excluding hydrogens is 425 g/mol. The van der Waals surface area contributed by atoms with Crippen molar-refractivity contribution in [1.29, 1.82) is 0 Å². The van der Waals surface area contributed by atoms with Gasteiger partial charge >= 0.3 is 0 Å². The maximum Gasteiger partial charge on any atom is 0.248 e. The summed E-state index contributed by atoms with van der Waals surface area (Å²) in [6.45, 7) is 9.86. The molecule has 0 radical (unpaired) electrons. The molecule has 0 aliphatic heterocycles. The molecule has 1 aliphatic carbocycles. The highest BCUT2D eigenvalue weighted by Crippen LogP contribution is 2.45. The van der Waals surface area contributed by atoms with E-state index < -0.39 is 6.02 Å². The van der Waals surface area contributed by atoms with Gasteiger partial charge in [0.05, 0.1) is 16.4 Å². The van der Waals surface area contributed by atoms with Gasteiger partial charge < -0.3 is 9.88 Å². The third-order valence-corrected chi connectivity index (χ3v) is 5.89. The highest BCUT2D eigenvalue weighted by Gasteiger charge is 2.32. The van der Waals surface area contributed by atoms with E-state index in [0.717, 1.165) is 22.3 Å². The van der Waals surface area contributed by atoms with Crippen molar-refractivity contribution in [2.24, 2.45) is 5.41 Å². The second kappa shape index (κ2) is 11.1. The Kier molecular flexibility index (Phi) is 6.51. The summed E-state index contributed by atoms with van der Waals surface area (Å²) in [4.78, 5) is 15.9. The molecule has 1 atom stereocenters. The molecule has 1 unspecified atom stereocenters. The third-order valence-electron chi connectivity index (χ3n) is 5.89. The quantitative estimate of drug-likeness (QED) is 0.345. The van der Waals surface area contributed by atoms with Crippen molar-refractivity contribution < 1.29 is 14.7 Å². The Morgan fingerprint density at radius 1 is 1.26 bits per heavy atom. The van der Waals surface area contributed by atoms with E-state index in [-0.39, 0.29) is 35.8 Å². The zero-order chi connectivity index (χ0) is 28.3. The van der Waals surface area contributed by atoms with Crippen molar-refractivity contribution in [2.75, 3.05) is 5.32 Å². The number of nitrogens with zero attached hydrogens (tertiary/aromatic N) is 2. The predicted molar refractivity (Wildman–Crippen MR) is 138 cm³/mol. The van der Waals surface area contributed by atoms with Crippen molar-refractivity contribution in [3.8, 4) is 0 Å². The van der Waals surface area contributed by atoms with Gasteiger partial charge in [-0.15, -0.1) is 0 Å². The average molecular weight is 464 g/mol. The maximum atomic E-state index is 13.0. The number of aromatic nitrogens is 2. The van der Waals surface area contributed by atoms with E-state index in [4.69, 9.17) is 4.11 Å². The van der Waals surface area contributed by atoms with Gasteiger partial charge in [-0.2, -0.15) is 0 Å². The fraction of sp³-hybridized carbons (Fsp3) is 0.310. The molecule has 5 heteroatoms. The summed E-state index contributed by atoms with van der Waals surface area (Å²) in [6, 6.07) is 4.23. The molecule has 178 valence electrons. The van der Waals surface area contributed by atoms with Gasteiger partial charge in [0.25, 0.3) is 0 Å². The smallest absolute Gasteiger partial charge is 0.248 e. The summed E-state index contributed by atoms with van der Waals surface area (Å²) in [6.07, 6.45) is 11.3. The number of anilines is 1. The number of imidazole rings is 1. The summed E-state index contributed by atoms with van der Waals surface area (Å²) in [5.41, 5.74) is 3.72. The molecule has 2 aromatic rings. The zero-order valence-corrected chi connectivity index (χ0v) is 20.4. The first-order valence-corrected chi connectivity index (χ1v) is 11.3. The van der Waals surface area contributed by atoms with Gasteiger partial charge in [-0.25, -0.2) is 9.37 Å². The van der Waals surface area contributed by atoms with Crippen LogP contribution in [0.5, 0.6) is 0 Å². The molecule has 0 saturated heterocycles. The molecule has 34 heavy (non-hydrogen) atoms. The van der Waals surface area contributed by atoms with E-state index in [9.17, 15) is 10.6 Å². The summed E-state index contributed by atoms with van der Waals surface area (Å²) in [7, 11) is 0. The minimum absolute atomic E-state index is 0.201. The van der Waals surface area contributed by atoms with E-state index in [2.05, 4.69) is 24.1 Å². The van der Waals surface area contributed by atoms with Gasteiger partial charge in [-0.1, -0.05) is 49.8 Å². The van der Waals surface area contributed by atoms with E-state index in [0.29, 0.717) is 18.5 Å². The lowest BCUT2D eigenvalue weighted by Gasteiger charge is -2.37. The van der Waals surface area contributed by atoms with Crippen molar-refractivity contribution in [1.82, 2.24) is 9.55 Å². The van der Waals surface area contributed by atoms with E-state index in [1.165, 1.54) is 34.9 Å². The van der Waals surface area contributed by atoms with Gasteiger partial charge in [0.1, 0.15) is 7.19 Å². The van der Waals surface area contributed by atoms with Crippen molar-refractivity contribution in [2.45, 2.75) is 53.5 Å². The fourth-order valence-corrected chi connectivity index (χ4v) is 3.94. The van der Waals surface area contributed by atoms with Crippen LogP contribution in [0.25, 0.3) is 0 Å². The Morgan fingerprint density at radius 3 is 2.68 bits per heavy atom. The number of rotatable bonds is 7. The Hall–Kier alpha value is -3.47. The number of halogens is 1. The first-order valence-electron chi connectivity index (χ1n) is 13.3. The summed E-state index contributed by atoms with van der Waals surface area (Å²) in [5, 5.41) is 2.69. The molecule has 1 amide bonds. The van der Waals surface area contributed by atoms with Crippen LogP contribution in [0.1, 0.15) is 59.0 Å². The van der Waals surface area contributed by atoms with Gasteiger partial charge in [-0.3, -0.25) is 4.79 Å². The normalized spacial score (nSPS) is 23.1. The summed E-state index contributed by atoms with van der Waals surface area (Å²) in [5.74, 6) is -0.668. The van der Waals surface area contributed by atoms with Crippen molar-refractivity contribution in [3.63, 3.8) is 0 Å². The third kappa shape index (κ3) is 6.77. The van der Waals surface area contributed by atoms with Crippen LogP contribution in [-0.4, -0.2) is 15.5 Å². The molecule has 1 aliphatic rings. The SMILES string of the molecule is [2H]c1nc([2H])n(C2([2H])CCC(C)(C)C(/C=C/C(C)=C/C=C/C(C)=C/C(=O)Nc3ccc(F)cc3)=C2C)c1[2H]. The first-order chi connectivity index (χ1) is 17.7. The topological polar surface area (TPSA) is 46.9 Å². The molecule has 0 saturated carbocycles. The van der Waals surface area contributed by atoms with Gasteiger partial charge in [0, 0.05) is 24.1 Å². The Bertz CT molecular complexity index is 1370. The fourth-order valence-electron chi connectivity index (χ4n) is 3.94. The standard InChI is InChI=1S/C29H34FN3O/c1-21(7-6-8-22(2)19-28(34)32-25-12-10-24(30)11-13-25)9-14-26-23(3)27(15-16-29(26,4)5)33-18-17-31-20-33/h6-14,17-20,27H,15-16H2,1-5H3,(H,32,34)/b8-6+,14-9+,21-7+,22-19+/i17D,18D,20D,27D. The Morgan fingerprint density at radius 2 is 2.00 bits per heavy atom. The number of nitrogens with one attached hydrogen (secondary N) is 1. The molecule has 1 heterocycles. The Balaban J connectivity index is 1.77. The van der Waals surface area contributed by atoms with E-state index >= 15 is 0 Å². The number of allylic oxidation sites excluding steroid dienone is 9. The van der Waals surface area contributed by atoms with Crippen molar-refractivity contribution >= 4 is 11.6 Å². The van der Waals surface area contributed by atoms with Gasteiger partial charge in [0.2, 0.25) is 5.91 Å². The van der Waals surface area contributed by atoms with E-state index in [1.54, 1.807) is 0 Å². The lowest BCUT2D eigenvalue weighted by Crippen LogP contribution is -2.25. The number of carbonyl (C=O) groups is 1. The number of hydrogen-bond donors (Lipinski definition) is 1. The maximum absolute atomic E-state index is 13.0. The molecule has 0 fully saturated rings. The predicted octanol–water partition coefficient (Wildman–Crippen LogP) is 7.34. The van der Waals surface area contributed by atoms with Crippen LogP contribution in [0, 0.1) is 11.2 Å². The molecule has 4 nitrogen and oxygen atoms in total. The minimum Gasteiger partial charge on any atom is -0.330 e. The number of carbonyl (C=O) groups excluding carboxylic acids is 1. The van der Waals surface area contributed by atoms with Crippen LogP contribution < -0.4 is 5.32 Å². The summed E-state index contributed by atoms with van der Waals surface area (Å²) < 4.78 is 47.5. The lowest BCUT2D eigenvalue weighted by atomic mass is 9.71. The van der Waals surface area contributed by atoms with Crippen LogP contribution in [0.3, 0.4) is 0 Å². The lowest BCUT2D eigenvalue weighted by molar-refractivity contribution is -0.111. The number of benzene rings is 1. The van der Waals surface area contributed by atoms with Crippen LogP contribution in [-0.2, 0) is 4.79 Å². The number of hydrogen-bond acceptors (Lipinski definition) is 2. The molecular formula is C29H34FN3O. The van der Waals surface area contributed by atoms with Gasteiger partial charge in [-0.05, 0) is 80.0 Å². The second-order valence-corrected chi connectivity index (χ2v) is 9.13. The van der Waals surface area contributed by atoms with Crippen LogP contribution in [0.4, 0.5) is 10.1 Å². The molecule has 1 aromatic heterocycles. The zero-order valence-electron chi connectivity index (χ0n) is 24.4. The molecule has 3 rings (SSSR count). The summed E-state index contributed by atoms with van der Waals surface area (Å²) >= 11 is 0. The average Bonchev–Trinajstić information content (AvgIpc) is 3.09. The first kappa shape index (κ1) is 20.0. The van der Waals surface area contributed by atoms with E-state index in [1.807, 2.05) is 51.2 Å². The van der Waals surface area contributed by atoms with Crippen LogP contribution in [0.15, 0.2) is 102 Å². The second-order valence-electron chi connectivity index (χ2n) is 9.13. The molecule has 0 spiro atoms. The molecule has 1 aromatic carbocycles. The van der Waals surface area contributed by atoms with Gasteiger partial charge in [0.15, 0.2) is 0 Å². The highest BCUT2D eigenvalue weighted by molar-refractivity contribution is 5.99. The van der Waals surface area contributed by atoms with Crippen LogP contribution in [0.2, 0.25) is 0 Å². The highest BCUT2D eigenvalue weighted by atomic mass is 19.1. The van der Waals surface area contributed by atoms with Crippen molar-refractivity contribution in [3.05, 3.63) is 107 Å². The number of amides is 1. The minimum atomic E-state index is -1.34. The largest absolute Gasteiger partial charge is 0.330 e.